The summed E-state index contributed by atoms with van der Waals surface area (Å²) in [5, 5.41) is 13.2. The van der Waals surface area contributed by atoms with Gasteiger partial charge in [0.15, 0.2) is 5.82 Å². The molecule has 0 radical (unpaired) electrons. The molecule has 1 aromatic carbocycles. The number of urea groups is 1. The van der Waals surface area contributed by atoms with Crippen LogP contribution in [-0.4, -0.2) is 38.9 Å². The predicted octanol–water partition coefficient (Wildman–Crippen LogP) is 2.82. The molecule has 0 saturated carbocycles. The fourth-order valence-electron chi connectivity index (χ4n) is 2.60. The summed E-state index contributed by atoms with van der Waals surface area (Å²) < 4.78 is 1.77. The van der Waals surface area contributed by atoms with E-state index in [2.05, 4.69) is 31.0 Å². The minimum atomic E-state index is -0.244. The number of benzene rings is 1. The molecule has 0 atom stereocenters. The quantitative estimate of drug-likeness (QED) is 0.584. The molecule has 2 amide bonds. The molecule has 0 bridgehead atoms. The van der Waals surface area contributed by atoms with Crippen LogP contribution in [0.1, 0.15) is 17.0 Å². The van der Waals surface area contributed by atoms with Crippen molar-refractivity contribution in [3.8, 4) is 5.82 Å². The lowest BCUT2D eigenvalue weighted by Crippen LogP contribution is -2.32. The van der Waals surface area contributed by atoms with E-state index >= 15 is 0 Å². The monoisotopic (exact) mass is 365 g/mol. The SMILES string of the molecule is Cc1ccc(NC(=O)NCCNc2cc(-n3nc(C)cc3C)ncn2)cc1. The maximum Gasteiger partial charge on any atom is 0.319 e. The third kappa shape index (κ3) is 5.04. The van der Waals surface area contributed by atoms with Gasteiger partial charge in [0.25, 0.3) is 0 Å². The maximum atomic E-state index is 11.9. The third-order valence-corrected chi connectivity index (χ3v) is 3.91. The highest BCUT2D eigenvalue weighted by atomic mass is 16.2. The lowest BCUT2D eigenvalue weighted by atomic mass is 10.2. The highest BCUT2D eigenvalue weighted by molar-refractivity contribution is 5.89. The molecular formula is C19H23N7O. The van der Waals surface area contributed by atoms with Crippen LogP contribution in [-0.2, 0) is 0 Å². The van der Waals surface area contributed by atoms with Crippen LogP contribution < -0.4 is 16.0 Å². The second kappa shape index (κ2) is 8.31. The van der Waals surface area contributed by atoms with Crippen LogP contribution in [0.5, 0.6) is 0 Å². The first-order valence-electron chi connectivity index (χ1n) is 8.72. The largest absolute Gasteiger partial charge is 0.368 e. The molecule has 0 unspecified atom stereocenters. The zero-order valence-corrected chi connectivity index (χ0v) is 15.7. The normalized spacial score (nSPS) is 10.5. The molecule has 2 aromatic heterocycles. The van der Waals surface area contributed by atoms with Crippen molar-refractivity contribution in [2.45, 2.75) is 20.8 Å². The molecule has 0 fully saturated rings. The Morgan fingerprint density at radius 3 is 2.52 bits per heavy atom. The molecule has 0 saturated heterocycles. The maximum absolute atomic E-state index is 11.9. The fraction of sp³-hybridized carbons (Fsp3) is 0.263. The van der Waals surface area contributed by atoms with Gasteiger partial charge in [-0.25, -0.2) is 19.4 Å². The summed E-state index contributed by atoms with van der Waals surface area (Å²) in [6.07, 6.45) is 1.49. The molecular weight excluding hydrogens is 342 g/mol. The number of hydrogen-bond donors (Lipinski definition) is 3. The summed E-state index contributed by atoms with van der Waals surface area (Å²) in [6.45, 7) is 6.91. The van der Waals surface area contributed by atoms with Gasteiger partial charge < -0.3 is 16.0 Å². The molecule has 0 aliphatic carbocycles. The van der Waals surface area contributed by atoms with E-state index in [-0.39, 0.29) is 6.03 Å². The van der Waals surface area contributed by atoms with Crippen LogP contribution in [0.15, 0.2) is 42.7 Å². The second-order valence-corrected chi connectivity index (χ2v) is 6.27. The molecule has 0 spiro atoms. The Kier molecular flexibility index (Phi) is 5.65. The van der Waals surface area contributed by atoms with Crippen molar-refractivity contribution in [3.05, 3.63) is 59.7 Å². The molecule has 3 N–H and O–H groups in total. The zero-order chi connectivity index (χ0) is 19.2. The number of carbonyl (C=O) groups excluding carboxylic acids is 1. The number of hydrogen-bond acceptors (Lipinski definition) is 5. The lowest BCUT2D eigenvalue weighted by molar-refractivity contribution is 0.252. The first-order chi connectivity index (χ1) is 13.0. The molecule has 0 aliphatic rings. The van der Waals surface area contributed by atoms with E-state index in [0.717, 1.165) is 22.6 Å². The number of carbonyl (C=O) groups is 1. The van der Waals surface area contributed by atoms with Crippen molar-refractivity contribution in [2.24, 2.45) is 0 Å². The highest BCUT2D eigenvalue weighted by Crippen LogP contribution is 2.12. The van der Waals surface area contributed by atoms with Gasteiger partial charge in [-0.2, -0.15) is 5.10 Å². The Morgan fingerprint density at radius 1 is 1.04 bits per heavy atom. The molecule has 2 heterocycles. The average Bonchev–Trinajstić information content (AvgIpc) is 2.99. The highest BCUT2D eigenvalue weighted by Gasteiger charge is 2.06. The minimum Gasteiger partial charge on any atom is -0.368 e. The van der Waals surface area contributed by atoms with E-state index < -0.39 is 0 Å². The molecule has 0 aliphatic heterocycles. The number of nitrogens with zero attached hydrogens (tertiary/aromatic N) is 4. The molecule has 8 nitrogen and oxygen atoms in total. The van der Waals surface area contributed by atoms with Crippen LogP contribution >= 0.6 is 0 Å². The van der Waals surface area contributed by atoms with Crippen LogP contribution in [0.3, 0.4) is 0 Å². The van der Waals surface area contributed by atoms with Gasteiger partial charge in [-0.05, 0) is 39.0 Å². The minimum absolute atomic E-state index is 0.244. The Labute approximate surface area is 158 Å². The third-order valence-electron chi connectivity index (χ3n) is 3.91. The van der Waals surface area contributed by atoms with E-state index in [0.29, 0.717) is 24.7 Å². The molecule has 8 heteroatoms. The van der Waals surface area contributed by atoms with Gasteiger partial charge in [0.2, 0.25) is 0 Å². The van der Waals surface area contributed by atoms with Crippen LogP contribution in [0.2, 0.25) is 0 Å². The van der Waals surface area contributed by atoms with Crippen molar-refractivity contribution >= 4 is 17.5 Å². The van der Waals surface area contributed by atoms with Gasteiger partial charge in [0, 0.05) is 30.5 Å². The smallest absolute Gasteiger partial charge is 0.319 e. The van der Waals surface area contributed by atoms with Gasteiger partial charge in [0.05, 0.1) is 5.69 Å². The van der Waals surface area contributed by atoms with E-state index in [9.17, 15) is 4.79 Å². The van der Waals surface area contributed by atoms with Gasteiger partial charge in [-0.15, -0.1) is 0 Å². The molecule has 3 rings (SSSR count). The number of aromatic nitrogens is 4. The van der Waals surface area contributed by atoms with Gasteiger partial charge in [0.1, 0.15) is 12.1 Å². The van der Waals surface area contributed by atoms with Crippen LogP contribution in [0.4, 0.5) is 16.3 Å². The summed E-state index contributed by atoms with van der Waals surface area (Å²) in [6, 6.07) is 11.2. The topological polar surface area (TPSA) is 96.8 Å². The lowest BCUT2D eigenvalue weighted by Gasteiger charge is -2.10. The van der Waals surface area contributed by atoms with Gasteiger partial charge in [-0.3, -0.25) is 0 Å². The van der Waals surface area contributed by atoms with Crippen molar-refractivity contribution in [2.75, 3.05) is 23.7 Å². The zero-order valence-electron chi connectivity index (χ0n) is 15.7. The average molecular weight is 365 g/mol. The summed E-state index contributed by atoms with van der Waals surface area (Å²) in [4.78, 5) is 20.4. The standard InChI is InChI=1S/C19H23N7O/c1-13-4-6-16(7-5-13)24-19(27)21-9-8-20-17-11-18(23-12-22-17)26-15(3)10-14(2)25-26/h4-7,10-12H,8-9H2,1-3H3,(H,20,22,23)(H2,21,24,27). The van der Waals surface area contributed by atoms with Crippen molar-refractivity contribution in [1.29, 1.82) is 0 Å². The van der Waals surface area contributed by atoms with E-state index in [1.165, 1.54) is 6.33 Å². The predicted molar refractivity (Wildman–Crippen MR) is 105 cm³/mol. The summed E-state index contributed by atoms with van der Waals surface area (Å²) >= 11 is 0. The summed E-state index contributed by atoms with van der Waals surface area (Å²) in [5.74, 6) is 1.37. The van der Waals surface area contributed by atoms with Crippen molar-refractivity contribution in [1.82, 2.24) is 25.1 Å². The second-order valence-electron chi connectivity index (χ2n) is 6.27. The first-order valence-corrected chi connectivity index (χ1v) is 8.72. The fourth-order valence-corrected chi connectivity index (χ4v) is 2.60. The number of rotatable bonds is 6. The van der Waals surface area contributed by atoms with E-state index in [4.69, 9.17) is 0 Å². The van der Waals surface area contributed by atoms with Crippen molar-refractivity contribution in [3.63, 3.8) is 0 Å². The van der Waals surface area contributed by atoms with Gasteiger partial charge in [-0.1, -0.05) is 17.7 Å². The van der Waals surface area contributed by atoms with Crippen molar-refractivity contribution < 1.29 is 4.79 Å². The van der Waals surface area contributed by atoms with E-state index in [1.54, 1.807) is 4.68 Å². The molecule has 27 heavy (non-hydrogen) atoms. The molecule has 3 aromatic rings. The number of amides is 2. The Balaban J connectivity index is 1.48. The molecule has 140 valence electrons. The first kappa shape index (κ1) is 18.4. The number of aryl methyl sites for hydroxylation is 3. The van der Waals surface area contributed by atoms with Gasteiger partial charge >= 0.3 is 6.03 Å². The Bertz CT molecular complexity index is 918. The summed E-state index contributed by atoms with van der Waals surface area (Å²) in [7, 11) is 0. The van der Waals surface area contributed by atoms with Crippen LogP contribution in [0, 0.1) is 20.8 Å². The Morgan fingerprint density at radius 2 is 1.81 bits per heavy atom. The Hall–Kier alpha value is -3.42. The number of anilines is 2. The van der Waals surface area contributed by atoms with E-state index in [1.807, 2.05) is 57.2 Å². The number of nitrogens with one attached hydrogen (secondary N) is 3. The summed E-state index contributed by atoms with van der Waals surface area (Å²) in [5.41, 5.74) is 3.85. The van der Waals surface area contributed by atoms with Crippen LogP contribution in [0.25, 0.3) is 5.82 Å².